The van der Waals surface area contributed by atoms with Crippen LogP contribution in [0, 0.1) is 11.7 Å². The molecule has 0 aliphatic carbocycles. The monoisotopic (exact) mass is 436 g/mol. The molecule has 2 aromatic carbocycles. The zero-order chi connectivity index (χ0) is 21.8. The van der Waals surface area contributed by atoms with Crippen molar-refractivity contribution in [2.75, 3.05) is 18.4 Å². The fourth-order valence-corrected chi connectivity index (χ4v) is 5.27. The zero-order valence-electron chi connectivity index (χ0n) is 18.1. The van der Waals surface area contributed by atoms with Gasteiger partial charge in [0.1, 0.15) is 10.8 Å². The molecule has 162 valence electrons. The van der Waals surface area contributed by atoms with E-state index in [1.807, 2.05) is 36.4 Å². The lowest BCUT2D eigenvalue weighted by molar-refractivity contribution is 0.102. The maximum atomic E-state index is 14.2. The standard InChI is InChI=1S/C26H29FN2OS/c1-3-22-17-23(26(31-22)28-25(30)19-8-5-4-6-9-19)24(20-10-7-11-21(27)16-20)29-14-12-18(2)13-15-29/h4-11,16-18,24H,3,12-15H2,1-2H3,(H,28,30). The normalized spacial score (nSPS) is 16.2. The van der Waals surface area contributed by atoms with Crippen LogP contribution < -0.4 is 5.32 Å². The number of halogens is 1. The van der Waals surface area contributed by atoms with Crippen LogP contribution in [-0.4, -0.2) is 23.9 Å². The Balaban J connectivity index is 1.73. The van der Waals surface area contributed by atoms with Gasteiger partial charge in [-0.1, -0.05) is 44.2 Å². The highest BCUT2D eigenvalue weighted by atomic mass is 32.1. The molecule has 0 saturated carbocycles. The van der Waals surface area contributed by atoms with Crippen LogP contribution in [0.5, 0.6) is 0 Å². The highest BCUT2D eigenvalue weighted by Crippen LogP contribution is 2.41. The molecule has 1 atom stereocenters. The number of aryl methyl sites for hydroxylation is 1. The number of amides is 1. The average molecular weight is 437 g/mol. The van der Waals surface area contributed by atoms with Crippen LogP contribution >= 0.6 is 11.3 Å². The summed E-state index contributed by atoms with van der Waals surface area (Å²) in [6, 6.07) is 18.3. The van der Waals surface area contributed by atoms with Crippen molar-refractivity contribution < 1.29 is 9.18 Å². The second kappa shape index (κ2) is 9.75. The number of thiophene rings is 1. The van der Waals surface area contributed by atoms with Crippen LogP contribution in [0.3, 0.4) is 0 Å². The molecular weight excluding hydrogens is 407 g/mol. The molecule has 2 heterocycles. The van der Waals surface area contributed by atoms with E-state index in [0.717, 1.165) is 48.5 Å². The third-order valence-electron chi connectivity index (χ3n) is 6.07. The first-order valence-corrected chi connectivity index (χ1v) is 11.8. The fourth-order valence-electron chi connectivity index (χ4n) is 4.25. The first-order valence-electron chi connectivity index (χ1n) is 11.0. The Kier molecular flexibility index (Phi) is 6.83. The molecule has 1 aliphatic heterocycles. The number of nitrogens with zero attached hydrogens (tertiary/aromatic N) is 1. The number of likely N-dealkylation sites (tertiary alicyclic amines) is 1. The minimum Gasteiger partial charge on any atom is -0.313 e. The number of benzene rings is 2. The maximum absolute atomic E-state index is 14.2. The number of piperidine rings is 1. The molecule has 0 radical (unpaired) electrons. The lowest BCUT2D eigenvalue weighted by Gasteiger charge is -2.37. The van der Waals surface area contributed by atoms with Crippen LogP contribution in [0.1, 0.15) is 59.1 Å². The fraction of sp³-hybridized carbons (Fsp3) is 0.346. The van der Waals surface area contributed by atoms with Gasteiger partial charge in [-0.15, -0.1) is 11.3 Å². The minimum atomic E-state index is -0.228. The van der Waals surface area contributed by atoms with Gasteiger partial charge in [-0.2, -0.15) is 0 Å². The molecule has 1 saturated heterocycles. The smallest absolute Gasteiger partial charge is 0.256 e. The van der Waals surface area contributed by atoms with Gasteiger partial charge in [-0.05, 0) is 74.2 Å². The molecule has 1 N–H and O–H groups in total. The van der Waals surface area contributed by atoms with Crippen LogP contribution in [0.25, 0.3) is 0 Å². The summed E-state index contributed by atoms with van der Waals surface area (Å²) in [5.74, 6) is 0.362. The molecule has 1 aromatic heterocycles. The summed E-state index contributed by atoms with van der Waals surface area (Å²) >= 11 is 1.62. The maximum Gasteiger partial charge on any atom is 0.256 e. The topological polar surface area (TPSA) is 32.3 Å². The van der Waals surface area contributed by atoms with Gasteiger partial charge >= 0.3 is 0 Å². The van der Waals surface area contributed by atoms with E-state index >= 15 is 0 Å². The van der Waals surface area contributed by atoms with Crippen LogP contribution in [0.2, 0.25) is 0 Å². The Morgan fingerprint density at radius 3 is 2.55 bits per heavy atom. The predicted octanol–water partition coefficient (Wildman–Crippen LogP) is 6.52. The largest absolute Gasteiger partial charge is 0.313 e. The molecule has 5 heteroatoms. The van der Waals surface area contributed by atoms with Gasteiger partial charge in [0.05, 0.1) is 6.04 Å². The van der Waals surface area contributed by atoms with Crippen LogP contribution in [-0.2, 0) is 6.42 Å². The molecule has 0 spiro atoms. The predicted molar refractivity (Wildman–Crippen MR) is 126 cm³/mol. The van der Waals surface area contributed by atoms with Crippen LogP contribution in [0.15, 0.2) is 60.7 Å². The molecule has 3 nitrogen and oxygen atoms in total. The Morgan fingerprint density at radius 1 is 1.13 bits per heavy atom. The Morgan fingerprint density at radius 2 is 1.87 bits per heavy atom. The van der Waals surface area contributed by atoms with E-state index in [0.29, 0.717) is 11.5 Å². The molecule has 31 heavy (non-hydrogen) atoms. The lowest BCUT2D eigenvalue weighted by atomic mass is 9.92. The average Bonchev–Trinajstić information content (AvgIpc) is 3.18. The van der Waals surface area contributed by atoms with Crippen molar-refractivity contribution >= 4 is 22.2 Å². The number of nitrogens with one attached hydrogen (secondary N) is 1. The second-order valence-electron chi connectivity index (χ2n) is 8.35. The highest BCUT2D eigenvalue weighted by Gasteiger charge is 2.30. The van der Waals surface area contributed by atoms with E-state index < -0.39 is 0 Å². The van der Waals surface area contributed by atoms with E-state index in [2.05, 4.69) is 30.1 Å². The molecule has 1 amide bonds. The van der Waals surface area contributed by atoms with Gasteiger partial charge in [0, 0.05) is 16.0 Å². The zero-order valence-corrected chi connectivity index (χ0v) is 18.9. The number of rotatable bonds is 6. The quantitative estimate of drug-likeness (QED) is 0.477. The summed E-state index contributed by atoms with van der Waals surface area (Å²) in [5.41, 5.74) is 2.63. The molecular formula is C26H29FN2OS. The molecule has 1 unspecified atom stereocenters. The summed E-state index contributed by atoms with van der Waals surface area (Å²) < 4.78 is 14.2. The highest BCUT2D eigenvalue weighted by molar-refractivity contribution is 7.16. The number of anilines is 1. The SMILES string of the molecule is CCc1cc(C(c2cccc(F)c2)N2CCC(C)CC2)c(NC(=O)c2ccccc2)s1. The minimum absolute atomic E-state index is 0.0779. The van der Waals surface area contributed by atoms with Gasteiger partial charge < -0.3 is 5.32 Å². The summed E-state index contributed by atoms with van der Waals surface area (Å²) in [4.78, 5) is 16.6. The van der Waals surface area contributed by atoms with E-state index in [1.165, 1.54) is 10.9 Å². The van der Waals surface area contributed by atoms with Gasteiger partial charge in [-0.3, -0.25) is 9.69 Å². The van der Waals surface area contributed by atoms with Gasteiger partial charge in [0.25, 0.3) is 5.91 Å². The Hall–Kier alpha value is -2.50. The molecule has 0 bridgehead atoms. The summed E-state index contributed by atoms with van der Waals surface area (Å²) in [5, 5.41) is 4.01. The van der Waals surface area contributed by atoms with Gasteiger partial charge in [-0.25, -0.2) is 4.39 Å². The third kappa shape index (κ3) is 5.05. The number of carbonyl (C=O) groups excluding carboxylic acids is 1. The molecule has 1 fully saturated rings. The molecule has 3 aromatic rings. The van der Waals surface area contributed by atoms with Crippen molar-refractivity contribution in [3.8, 4) is 0 Å². The molecule has 4 rings (SSSR count). The Labute approximate surface area is 187 Å². The van der Waals surface area contributed by atoms with Crippen molar-refractivity contribution in [3.05, 3.63) is 88.0 Å². The van der Waals surface area contributed by atoms with Gasteiger partial charge in [0.2, 0.25) is 0 Å². The van der Waals surface area contributed by atoms with E-state index in [4.69, 9.17) is 0 Å². The van der Waals surface area contributed by atoms with Crippen molar-refractivity contribution in [2.45, 2.75) is 39.2 Å². The summed E-state index contributed by atoms with van der Waals surface area (Å²) in [6.07, 6.45) is 3.15. The van der Waals surface area contributed by atoms with E-state index in [1.54, 1.807) is 23.5 Å². The van der Waals surface area contributed by atoms with Crippen molar-refractivity contribution in [2.24, 2.45) is 5.92 Å². The van der Waals surface area contributed by atoms with Crippen LogP contribution in [0.4, 0.5) is 9.39 Å². The number of hydrogen-bond acceptors (Lipinski definition) is 3. The first-order chi connectivity index (χ1) is 15.0. The molecule has 1 aliphatic rings. The van der Waals surface area contributed by atoms with E-state index in [-0.39, 0.29) is 17.8 Å². The number of hydrogen-bond donors (Lipinski definition) is 1. The van der Waals surface area contributed by atoms with Crippen molar-refractivity contribution in [1.29, 1.82) is 0 Å². The lowest BCUT2D eigenvalue weighted by Crippen LogP contribution is -2.37. The summed E-state index contributed by atoms with van der Waals surface area (Å²) in [7, 11) is 0. The summed E-state index contributed by atoms with van der Waals surface area (Å²) in [6.45, 7) is 6.34. The number of carbonyl (C=O) groups is 1. The van der Waals surface area contributed by atoms with Crippen molar-refractivity contribution in [1.82, 2.24) is 4.90 Å². The van der Waals surface area contributed by atoms with Gasteiger partial charge in [0.15, 0.2) is 0 Å². The van der Waals surface area contributed by atoms with Crippen molar-refractivity contribution in [3.63, 3.8) is 0 Å². The third-order valence-corrected chi connectivity index (χ3v) is 7.28. The second-order valence-corrected chi connectivity index (χ2v) is 9.48. The van der Waals surface area contributed by atoms with E-state index in [9.17, 15) is 9.18 Å². The Bertz CT molecular complexity index is 1020. The first kappa shape index (κ1) is 21.7.